The Morgan fingerprint density at radius 1 is 1.06 bits per heavy atom. The first-order valence-electron chi connectivity index (χ1n) is 5.99. The van der Waals surface area contributed by atoms with Crippen molar-refractivity contribution in [3.05, 3.63) is 58.6 Å². The van der Waals surface area contributed by atoms with E-state index in [1.807, 2.05) is 48.5 Å². The number of benzene rings is 2. The second kappa shape index (κ2) is 6.03. The molecule has 3 heteroatoms. The van der Waals surface area contributed by atoms with Gasteiger partial charge in [-0.2, -0.15) is 0 Å². The van der Waals surface area contributed by atoms with Gasteiger partial charge in [-0.1, -0.05) is 37.3 Å². The Hall–Kier alpha value is -1.32. The normalized spacial score (nSPS) is 12.2. The zero-order chi connectivity index (χ0) is 13.0. The summed E-state index contributed by atoms with van der Waals surface area (Å²) in [6.45, 7) is 2.07. The molecule has 1 atom stereocenters. The quantitative estimate of drug-likeness (QED) is 0.892. The lowest BCUT2D eigenvalue weighted by atomic mass is 10.0. The van der Waals surface area contributed by atoms with Gasteiger partial charge < -0.3 is 10.5 Å². The molecule has 0 aliphatic heterocycles. The van der Waals surface area contributed by atoms with Crippen LogP contribution in [0, 0.1) is 0 Å². The van der Waals surface area contributed by atoms with Crippen molar-refractivity contribution in [2.24, 2.45) is 5.73 Å². The van der Waals surface area contributed by atoms with E-state index in [2.05, 4.69) is 22.9 Å². The molecule has 2 aromatic rings. The summed E-state index contributed by atoms with van der Waals surface area (Å²) < 4.78 is 6.87. The SMILES string of the molecule is CC[C@H](N)c1ccccc1Oc1ccccc1Br. The van der Waals surface area contributed by atoms with Crippen molar-refractivity contribution in [2.75, 3.05) is 0 Å². The highest BCUT2D eigenvalue weighted by Gasteiger charge is 2.11. The van der Waals surface area contributed by atoms with Gasteiger partial charge in [-0.05, 0) is 40.5 Å². The Balaban J connectivity index is 2.32. The molecule has 2 N–H and O–H groups in total. The highest BCUT2D eigenvalue weighted by molar-refractivity contribution is 9.10. The minimum Gasteiger partial charge on any atom is -0.456 e. The van der Waals surface area contributed by atoms with E-state index in [4.69, 9.17) is 10.5 Å². The number of nitrogens with two attached hydrogens (primary N) is 1. The summed E-state index contributed by atoms with van der Waals surface area (Å²) in [5.41, 5.74) is 7.13. The number of hydrogen-bond donors (Lipinski definition) is 1. The number of hydrogen-bond acceptors (Lipinski definition) is 2. The molecule has 0 aromatic heterocycles. The van der Waals surface area contributed by atoms with E-state index in [0.717, 1.165) is 28.0 Å². The predicted molar refractivity (Wildman–Crippen MR) is 77.9 cm³/mol. The lowest BCUT2D eigenvalue weighted by molar-refractivity contribution is 0.466. The Morgan fingerprint density at radius 3 is 2.33 bits per heavy atom. The molecule has 2 nitrogen and oxygen atoms in total. The number of rotatable bonds is 4. The third kappa shape index (κ3) is 2.92. The summed E-state index contributed by atoms with van der Waals surface area (Å²) >= 11 is 3.48. The highest BCUT2D eigenvalue weighted by atomic mass is 79.9. The highest BCUT2D eigenvalue weighted by Crippen LogP contribution is 2.33. The monoisotopic (exact) mass is 305 g/mol. The topological polar surface area (TPSA) is 35.2 Å². The van der Waals surface area contributed by atoms with Crippen LogP contribution in [-0.2, 0) is 0 Å². The molecule has 0 bridgehead atoms. The molecule has 0 unspecified atom stereocenters. The van der Waals surface area contributed by atoms with Gasteiger partial charge in [0, 0.05) is 11.6 Å². The number of ether oxygens (including phenoxy) is 1. The molecule has 2 rings (SSSR count). The fraction of sp³-hybridized carbons (Fsp3) is 0.200. The molecule has 0 aliphatic rings. The standard InChI is InChI=1S/C15H16BrNO/c1-2-13(17)11-7-3-5-9-14(11)18-15-10-6-4-8-12(15)16/h3-10,13H,2,17H2,1H3/t13-/m0/s1. The zero-order valence-corrected chi connectivity index (χ0v) is 11.9. The van der Waals surface area contributed by atoms with Crippen molar-refractivity contribution >= 4 is 15.9 Å². The summed E-state index contributed by atoms with van der Waals surface area (Å²) in [4.78, 5) is 0. The van der Waals surface area contributed by atoms with Gasteiger partial charge in [0.25, 0.3) is 0 Å². The number of para-hydroxylation sites is 2. The minimum absolute atomic E-state index is 0.00341. The minimum atomic E-state index is 0.00341. The molecule has 0 heterocycles. The maximum atomic E-state index is 6.10. The van der Waals surface area contributed by atoms with Crippen molar-refractivity contribution < 1.29 is 4.74 Å². The van der Waals surface area contributed by atoms with Crippen molar-refractivity contribution in [3.63, 3.8) is 0 Å². The van der Waals surface area contributed by atoms with Gasteiger partial charge in [0.05, 0.1) is 4.47 Å². The van der Waals surface area contributed by atoms with E-state index in [9.17, 15) is 0 Å². The second-order valence-electron chi connectivity index (χ2n) is 4.09. The third-order valence-corrected chi connectivity index (χ3v) is 3.47. The molecule has 0 saturated heterocycles. The lowest BCUT2D eigenvalue weighted by Gasteiger charge is -2.16. The maximum absolute atomic E-state index is 6.10. The second-order valence-corrected chi connectivity index (χ2v) is 4.94. The van der Waals surface area contributed by atoms with E-state index in [-0.39, 0.29) is 6.04 Å². The van der Waals surface area contributed by atoms with Crippen LogP contribution in [0.5, 0.6) is 11.5 Å². The van der Waals surface area contributed by atoms with Crippen molar-refractivity contribution in [3.8, 4) is 11.5 Å². The van der Waals surface area contributed by atoms with Gasteiger partial charge in [0.15, 0.2) is 0 Å². The smallest absolute Gasteiger partial charge is 0.141 e. The van der Waals surface area contributed by atoms with Crippen molar-refractivity contribution in [2.45, 2.75) is 19.4 Å². The zero-order valence-electron chi connectivity index (χ0n) is 10.3. The first kappa shape index (κ1) is 13.1. The fourth-order valence-corrected chi connectivity index (χ4v) is 2.11. The Bertz CT molecular complexity index is 527. The van der Waals surface area contributed by atoms with Gasteiger partial charge in [0.2, 0.25) is 0 Å². The van der Waals surface area contributed by atoms with Crippen LogP contribution in [-0.4, -0.2) is 0 Å². The lowest BCUT2D eigenvalue weighted by Crippen LogP contribution is -2.09. The summed E-state index contributed by atoms with van der Waals surface area (Å²) in [7, 11) is 0. The van der Waals surface area contributed by atoms with E-state index in [1.54, 1.807) is 0 Å². The van der Waals surface area contributed by atoms with Crippen LogP contribution in [0.2, 0.25) is 0 Å². The summed E-state index contributed by atoms with van der Waals surface area (Å²) in [5, 5.41) is 0. The Kier molecular flexibility index (Phi) is 4.39. The van der Waals surface area contributed by atoms with Gasteiger partial charge in [-0.3, -0.25) is 0 Å². The molecule has 18 heavy (non-hydrogen) atoms. The first-order valence-corrected chi connectivity index (χ1v) is 6.78. The first-order chi connectivity index (χ1) is 8.72. The largest absolute Gasteiger partial charge is 0.456 e. The van der Waals surface area contributed by atoms with Crippen LogP contribution >= 0.6 is 15.9 Å². The fourth-order valence-electron chi connectivity index (χ4n) is 1.75. The van der Waals surface area contributed by atoms with Gasteiger partial charge in [-0.25, -0.2) is 0 Å². The molecule has 0 amide bonds. The van der Waals surface area contributed by atoms with Crippen LogP contribution in [0.25, 0.3) is 0 Å². The van der Waals surface area contributed by atoms with Crippen LogP contribution < -0.4 is 10.5 Å². The van der Waals surface area contributed by atoms with Crippen LogP contribution in [0.15, 0.2) is 53.0 Å². The molecule has 94 valence electrons. The summed E-state index contributed by atoms with van der Waals surface area (Å²) in [6.07, 6.45) is 0.885. The van der Waals surface area contributed by atoms with E-state index >= 15 is 0 Å². The molecule has 0 aliphatic carbocycles. The molecular weight excluding hydrogens is 290 g/mol. The predicted octanol–water partition coefficient (Wildman–Crippen LogP) is 4.65. The molecule has 0 fully saturated rings. The molecule has 0 radical (unpaired) electrons. The molecule has 0 spiro atoms. The van der Waals surface area contributed by atoms with Gasteiger partial charge in [0.1, 0.15) is 11.5 Å². The van der Waals surface area contributed by atoms with Gasteiger partial charge >= 0.3 is 0 Å². The third-order valence-electron chi connectivity index (χ3n) is 2.81. The van der Waals surface area contributed by atoms with Gasteiger partial charge in [-0.15, -0.1) is 0 Å². The summed E-state index contributed by atoms with van der Waals surface area (Å²) in [6, 6.07) is 15.7. The number of halogens is 1. The summed E-state index contributed by atoms with van der Waals surface area (Å²) in [5.74, 6) is 1.62. The van der Waals surface area contributed by atoms with E-state index < -0.39 is 0 Å². The van der Waals surface area contributed by atoms with Crippen molar-refractivity contribution in [1.29, 1.82) is 0 Å². The maximum Gasteiger partial charge on any atom is 0.141 e. The van der Waals surface area contributed by atoms with Crippen LogP contribution in [0.1, 0.15) is 24.9 Å². The van der Waals surface area contributed by atoms with Crippen molar-refractivity contribution in [1.82, 2.24) is 0 Å². The molecular formula is C15H16BrNO. The average molecular weight is 306 g/mol. The molecule has 2 aromatic carbocycles. The average Bonchev–Trinajstić information content (AvgIpc) is 2.41. The van der Waals surface area contributed by atoms with Crippen LogP contribution in [0.4, 0.5) is 0 Å². The van der Waals surface area contributed by atoms with Crippen LogP contribution in [0.3, 0.4) is 0 Å². The molecule has 0 saturated carbocycles. The Morgan fingerprint density at radius 2 is 1.67 bits per heavy atom. The van der Waals surface area contributed by atoms with E-state index in [0.29, 0.717) is 0 Å². The Labute approximate surface area is 116 Å². The van der Waals surface area contributed by atoms with E-state index in [1.165, 1.54) is 0 Å².